The number of piperidine rings is 1. The van der Waals surface area contributed by atoms with Gasteiger partial charge in [0, 0.05) is 24.3 Å². The van der Waals surface area contributed by atoms with Crippen molar-refractivity contribution in [2.24, 2.45) is 5.92 Å². The van der Waals surface area contributed by atoms with E-state index in [9.17, 15) is 19.5 Å². The molecule has 3 rings (SSSR count). The zero-order valence-corrected chi connectivity index (χ0v) is 18.7. The fraction of sp³-hybridized carbons (Fsp3) is 0.435. The van der Waals surface area contributed by atoms with E-state index < -0.39 is 6.04 Å². The van der Waals surface area contributed by atoms with Gasteiger partial charge in [-0.3, -0.25) is 14.4 Å². The van der Waals surface area contributed by atoms with Crippen molar-refractivity contribution in [1.29, 1.82) is 0 Å². The summed E-state index contributed by atoms with van der Waals surface area (Å²) in [4.78, 5) is 40.3. The fourth-order valence-electron chi connectivity index (χ4n) is 3.55. The van der Waals surface area contributed by atoms with Crippen LogP contribution in [0.25, 0.3) is 0 Å². The number of hydrogen-bond acceptors (Lipinski definition) is 5. The molecule has 31 heavy (non-hydrogen) atoms. The van der Waals surface area contributed by atoms with E-state index in [-0.39, 0.29) is 29.7 Å². The quantitative estimate of drug-likeness (QED) is 0.612. The number of nitrogens with zero attached hydrogens (tertiary/aromatic N) is 1. The molecule has 0 aliphatic carbocycles. The lowest BCUT2D eigenvalue weighted by molar-refractivity contribution is -0.135. The second kappa shape index (κ2) is 10.5. The van der Waals surface area contributed by atoms with Crippen LogP contribution in [0.2, 0.25) is 0 Å². The highest BCUT2D eigenvalue weighted by molar-refractivity contribution is 7.12. The molecule has 2 heterocycles. The summed E-state index contributed by atoms with van der Waals surface area (Å²) in [6.45, 7) is 5.03. The summed E-state index contributed by atoms with van der Waals surface area (Å²) in [5.74, 6) is -0.387. The van der Waals surface area contributed by atoms with Gasteiger partial charge in [-0.25, -0.2) is 0 Å². The van der Waals surface area contributed by atoms with Gasteiger partial charge < -0.3 is 20.6 Å². The lowest BCUT2D eigenvalue weighted by Gasteiger charge is -2.33. The third-order valence-corrected chi connectivity index (χ3v) is 6.11. The maximum Gasteiger partial charge on any atom is 0.265 e. The number of carbonyl (C=O) groups excluding carboxylic acids is 3. The number of hydrogen-bond donors (Lipinski definition) is 3. The maximum absolute atomic E-state index is 13.0. The van der Waals surface area contributed by atoms with E-state index in [0.717, 1.165) is 0 Å². The Morgan fingerprint density at radius 1 is 1.10 bits per heavy atom. The number of carbonyl (C=O) groups is 3. The van der Waals surface area contributed by atoms with Crippen molar-refractivity contribution in [3.05, 3.63) is 52.2 Å². The second-order valence-electron chi connectivity index (χ2n) is 8.22. The first kappa shape index (κ1) is 23.0. The van der Waals surface area contributed by atoms with E-state index in [1.807, 2.05) is 25.3 Å². The molecule has 2 aromatic rings. The first-order valence-corrected chi connectivity index (χ1v) is 11.4. The Hall–Kier alpha value is -2.71. The standard InChI is InChI=1S/C23H29N3O4S/c1-15(2)14-19(23(30)26-11-9-18(27)10-12-26)25-21(28)16-5-7-17(8-6-16)24-22(29)20-4-3-13-31-20/h3-8,13,15,18-19,27H,9-12,14H2,1-2H3,(H,24,29)(H,25,28). The molecule has 8 heteroatoms. The second-order valence-corrected chi connectivity index (χ2v) is 9.17. The average molecular weight is 444 g/mol. The number of aliphatic hydroxyl groups is 1. The van der Waals surface area contributed by atoms with Crippen LogP contribution in [0.15, 0.2) is 41.8 Å². The third-order valence-electron chi connectivity index (χ3n) is 5.24. The van der Waals surface area contributed by atoms with E-state index in [0.29, 0.717) is 48.5 Å². The molecule has 0 bridgehead atoms. The van der Waals surface area contributed by atoms with Crippen LogP contribution in [0, 0.1) is 5.92 Å². The fourth-order valence-corrected chi connectivity index (χ4v) is 4.17. The van der Waals surface area contributed by atoms with Crippen molar-refractivity contribution in [2.45, 2.75) is 45.3 Å². The van der Waals surface area contributed by atoms with Crippen LogP contribution in [-0.2, 0) is 4.79 Å². The molecule has 1 fully saturated rings. The van der Waals surface area contributed by atoms with Crippen molar-refractivity contribution in [3.63, 3.8) is 0 Å². The number of aliphatic hydroxyl groups excluding tert-OH is 1. The van der Waals surface area contributed by atoms with E-state index in [1.54, 1.807) is 35.2 Å². The Bertz CT molecular complexity index is 888. The van der Waals surface area contributed by atoms with Crippen LogP contribution in [0.4, 0.5) is 5.69 Å². The highest BCUT2D eigenvalue weighted by atomic mass is 32.1. The first-order valence-electron chi connectivity index (χ1n) is 10.6. The Morgan fingerprint density at radius 3 is 2.35 bits per heavy atom. The Kier molecular flexibility index (Phi) is 7.81. The number of thiophene rings is 1. The van der Waals surface area contributed by atoms with Crippen LogP contribution >= 0.6 is 11.3 Å². The van der Waals surface area contributed by atoms with Gasteiger partial charge in [0.1, 0.15) is 6.04 Å². The van der Waals surface area contributed by atoms with Gasteiger partial charge in [-0.1, -0.05) is 19.9 Å². The van der Waals surface area contributed by atoms with E-state index in [1.165, 1.54) is 11.3 Å². The van der Waals surface area contributed by atoms with Crippen LogP contribution in [0.5, 0.6) is 0 Å². The minimum absolute atomic E-state index is 0.103. The lowest BCUT2D eigenvalue weighted by atomic mass is 10.00. The summed E-state index contributed by atoms with van der Waals surface area (Å²) >= 11 is 1.36. The molecule has 0 radical (unpaired) electrons. The van der Waals surface area contributed by atoms with Crippen molar-refractivity contribution < 1.29 is 19.5 Å². The number of amides is 3. The Morgan fingerprint density at radius 2 is 1.77 bits per heavy atom. The molecule has 3 amide bonds. The topological polar surface area (TPSA) is 98.7 Å². The highest BCUT2D eigenvalue weighted by Crippen LogP contribution is 2.17. The maximum atomic E-state index is 13.0. The van der Waals surface area contributed by atoms with Crippen molar-refractivity contribution >= 4 is 34.7 Å². The Labute approximate surface area is 186 Å². The average Bonchev–Trinajstić information content (AvgIpc) is 3.28. The summed E-state index contributed by atoms with van der Waals surface area (Å²) in [6.07, 6.45) is 1.30. The summed E-state index contributed by atoms with van der Waals surface area (Å²) in [7, 11) is 0. The molecule has 3 N–H and O–H groups in total. The number of likely N-dealkylation sites (tertiary alicyclic amines) is 1. The summed E-state index contributed by atoms with van der Waals surface area (Å²) < 4.78 is 0. The molecule has 7 nitrogen and oxygen atoms in total. The van der Waals surface area contributed by atoms with Gasteiger partial charge in [0.05, 0.1) is 11.0 Å². The molecule has 1 saturated heterocycles. The van der Waals surface area contributed by atoms with Crippen LogP contribution < -0.4 is 10.6 Å². The predicted octanol–water partition coefficient (Wildman–Crippen LogP) is 3.13. The zero-order valence-electron chi connectivity index (χ0n) is 17.8. The molecule has 1 aromatic carbocycles. The number of anilines is 1. The normalized spacial score (nSPS) is 15.5. The molecule has 166 valence electrons. The first-order chi connectivity index (χ1) is 14.8. The number of rotatable bonds is 7. The zero-order chi connectivity index (χ0) is 22.4. The van der Waals surface area contributed by atoms with Crippen molar-refractivity contribution in [3.8, 4) is 0 Å². The molecule has 0 spiro atoms. The van der Waals surface area contributed by atoms with Gasteiger partial charge in [0.2, 0.25) is 5.91 Å². The van der Waals surface area contributed by atoms with Gasteiger partial charge in [-0.05, 0) is 60.9 Å². The molecule has 1 atom stereocenters. The minimum Gasteiger partial charge on any atom is -0.393 e. The van der Waals surface area contributed by atoms with Gasteiger partial charge in [0.15, 0.2) is 0 Å². The van der Waals surface area contributed by atoms with Gasteiger partial charge in [0.25, 0.3) is 11.8 Å². The predicted molar refractivity (Wildman–Crippen MR) is 121 cm³/mol. The molecular formula is C23H29N3O4S. The van der Waals surface area contributed by atoms with Crippen LogP contribution in [-0.4, -0.2) is 53.0 Å². The summed E-state index contributed by atoms with van der Waals surface area (Å²) in [5, 5.41) is 17.2. The van der Waals surface area contributed by atoms with E-state index in [2.05, 4.69) is 10.6 Å². The molecule has 1 unspecified atom stereocenters. The van der Waals surface area contributed by atoms with Gasteiger partial charge in [-0.15, -0.1) is 11.3 Å². The molecule has 1 aliphatic rings. The molecular weight excluding hydrogens is 414 g/mol. The molecule has 0 saturated carbocycles. The summed E-state index contributed by atoms with van der Waals surface area (Å²) in [6, 6.07) is 9.56. The van der Waals surface area contributed by atoms with Crippen molar-refractivity contribution in [1.82, 2.24) is 10.2 Å². The lowest BCUT2D eigenvalue weighted by Crippen LogP contribution is -2.51. The van der Waals surface area contributed by atoms with E-state index >= 15 is 0 Å². The van der Waals surface area contributed by atoms with Gasteiger partial charge in [-0.2, -0.15) is 0 Å². The third kappa shape index (κ3) is 6.38. The van der Waals surface area contributed by atoms with Gasteiger partial charge >= 0.3 is 0 Å². The Balaban J connectivity index is 1.62. The largest absolute Gasteiger partial charge is 0.393 e. The molecule has 1 aromatic heterocycles. The minimum atomic E-state index is -0.610. The van der Waals surface area contributed by atoms with Crippen LogP contribution in [0.1, 0.15) is 53.1 Å². The number of nitrogens with one attached hydrogen (secondary N) is 2. The van der Waals surface area contributed by atoms with Crippen molar-refractivity contribution in [2.75, 3.05) is 18.4 Å². The van der Waals surface area contributed by atoms with E-state index in [4.69, 9.17) is 0 Å². The highest BCUT2D eigenvalue weighted by Gasteiger charge is 2.29. The summed E-state index contributed by atoms with van der Waals surface area (Å²) in [5.41, 5.74) is 1.02. The molecule has 1 aliphatic heterocycles. The number of benzene rings is 1. The SMILES string of the molecule is CC(C)CC(NC(=O)c1ccc(NC(=O)c2cccs2)cc1)C(=O)N1CCC(O)CC1. The van der Waals surface area contributed by atoms with Crippen LogP contribution in [0.3, 0.4) is 0 Å². The smallest absolute Gasteiger partial charge is 0.265 e. The monoisotopic (exact) mass is 443 g/mol.